The van der Waals surface area contributed by atoms with Crippen molar-refractivity contribution in [3.63, 3.8) is 0 Å². The predicted molar refractivity (Wildman–Crippen MR) is 125 cm³/mol. The summed E-state index contributed by atoms with van der Waals surface area (Å²) in [6.07, 6.45) is 5.57. The van der Waals surface area contributed by atoms with Crippen LogP contribution in [0.25, 0.3) is 21.5 Å². The van der Waals surface area contributed by atoms with Crippen molar-refractivity contribution in [3.05, 3.63) is 51.6 Å². The third-order valence-electron chi connectivity index (χ3n) is 4.94. The maximum absolute atomic E-state index is 12.6. The van der Waals surface area contributed by atoms with Crippen molar-refractivity contribution in [2.45, 2.75) is 25.4 Å². The Labute approximate surface area is 197 Å². The molecule has 0 atom stereocenters. The van der Waals surface area contributed by atoms with E-state index in [1.54, 1.807) is 29.1 Å². The number of nitrogens with one attached hydrogen (secondary N) is 1. The molecule has 3 N–H and O–H groups in total. The van der Waals surface area contributed by atoms with Crippen molar-refractivity contribution in [2.24, 2.45) is 0 Å². The highest BCUT2D eigenvalue weighted by Crippen LogP contribution is 2.42. The Morgan fingerprint density at radius 1 is 1.28 bits per heavy atom. The molecule has 0 radical (unpaired) electrons. The number of halogens is 2. The van der Waals surface area contributed by atoms with Crippen LogP contribution in [0.5, 0.6) is 5.75 Å². The summed E-state index contributed by atoms with van der Waals surface area (Å²) in [6.45, 7) is 0.884. The number of ether oxygens (including phenoxy) is 1. The second-order valence-electron chi connectivity index (χ2n) is 7.39. The first-order valence-electron chi connectivity index (χ1n) is 9.95. The van der Waals surface area contributed by atoms with E-state index in [0.29, 0.717) is 55.3 Å². The normalized spacial score (nSPS) is 13.4. The smallest absolute Gasteiger partial charge is 0.261 e. The molecular weight excluding hydrogens is 471 g/mol. The first kappa shape index (κ1) is 21.0. The van der Waals surface area contributed by atoms with E-state index in [0.717, 1.165) is 12.8 Å². The van der Waals surface area contributed by atoms with Crippen molar-refractivity contribution >= 4 is 56.6 Å². The zero-order valence-corrected chi connectivity index (χ0v) is 19.0. The summed E-state index contributed by atoms with van der Waals surface area (Å²) >= 11 is 14.1. The van der Waals surface area contributed by atoms with E-state index in [1.807, 2.05) is 12.3 Å². The molecule has 8 nitrogen and oxygen atoms in total. The minimum Gasteiger partial charge on any atom is -0.491 e. The molecule has 1 saturated carbocycles. The second-order valence-corrected chi connectivity index (χ2v) is 9.26. The Hall–Kier alpha value is -2.88. The number of nitrogens with two attached hydrogens (primary N) is 1. The van der Waals surface area contributed by atoms with Crippen molar-refractivity contribution in [1.82, 2.24) is 25.1 Å². The van der Waals surface area contributed by atoms with Crippen molar-refractivity contribution < 1.29 is 9.53 Å². The lowest BCUT2D eigenvalue weighted by Crippen LogP contribution is -2.24. The van der Waals surface area contributed by atoms with Gasteiger partial charge in [0.05, 0.1) is 27.7 Å². The number of anilines is 1. The van der Waals surface area contributed by atoms with Gasteiger partial charge in [0.25, 0.3) is 5.91 Å². The van der Waals surface area contributed by atoms with Gasteiger partial charge in [0, 0.05) is 28.8 Å². The number of benzene rings is 1. The molecule has 164 valence electrons. The van der Waals surface area contributed by atoms with Crippen LogP contribution in [0.2, 0.25) is 10.0 Å². The molecule has 3 heterocycles. The number of aromatic nitrogens is 4. The number of hydrogen-bond donors (Lipinski definition) is 2. The predicted octanol–water partition coefficient (Wildman–Crippen LogP) is 4.42. The summed E-state index contributed by atoms with van der Waals surface area (Å²) in [6, 6.07) is 7.17. The van der Waals surface area contributed by atoms with E-state index < -0.39 is 0 Å². The molecule has 1 amide bonds. The quantitative estimate of drug-likeness (QED) is 0.398. The van der Waals surface area contributed by atoms with Crippen molar-refractivity contribution in [3.8, 4) is 17.0 Å². The van der Waals surface area contributed by atoms with Crippen LogP contribution in [-0.2, 0) is 6.54 Å². The molecule has 32 heavy (non-hydrogen) atoms. The first-order chi connectivity index (χ1) is 15.5. The zero-order chi connectivity index (χ0) is 22.2. The molecule has 1 aliphatic rings. The summed E-state index contributed by atoms with van der Waals surface area (Å²) in [4.78, 5) is 22.5. The third kappa shape index (κ3) is 4.36. The van der Waals surface area contributed by atoms with Crippen LogP contribution >= 0.6 is 34.5 Å². The van der Waals surface area contributed by atoms with E-state index in [1.165, 1.54) is 11.3 Å². The summed E-state index contributed by atoms with van der Waals surface area (Å²) < 4.78 is 7.78. The van der Waals surface area contributed by atoms with Crippen LogP contribution in [0.1, 0.15) is 22.5 Å². The van der Waals surface area contributed by atoms with Crippen molar-refractivity contribution in [1.29, 1.82) is 0 Å². The molecule has 0 unspecified atom stereocenters. The molecule has 0 spiro atoms. The largest absolute Gasteiger partial charge is 0.491 e. The van der Waals surface area contributed by atoms with Gasteiger partial charge in [-0.15, -0.1) is 11.3 Å². The van der Waals surface area contributed by atoms with E-state index >= 15 is 0 Å². The lowest BCUT2D eigenvalue weighted by Gasteiger charge is -2.14. The summed E-state index contributed by atoms with van der Waals surface area (Å²) in [5.41, 5.74) is 7.03. The fourth-order valence-corrected chi connectivity index (χ4v) is 4.81. The van der Waals surface area contributed by atoms with Crippen LogP contribution in [0.4, 0.5) is 5.95 Å². The molecule has 3 aromatic heterocycles. The van der Waals surface area contributed by atoms with Gasteiger partial charge in [0.15, 0.2) is 0 Å². The summed E-state index contributed by atoms with van der Waals surface area (Å²) in [5.74, 6) is 0.416. The fourth-order valence-electron chi connectivity index (χ4n) is 3.30. The van der Waals surface area contributed by atoms with E-state index in [4.69, 9.17) is 33.7 Å². The molecule has 5 rings (SSSR count). The van der Waals surface area contributed by atoms with Gasteiger partial charge < -0.3 is 15.8 Å². The van der Waals surface area contributed by atoms with Gasteiger partial charge in [-0.1, -0.05) is 23.2 Å². The van der Waals surface area contributed by atoms with Gasteiger partial charge in [-0.25, -0.2) is 9.97 Å². The molecule has 0 saturated heterocycles. The number of carbonyl (C=O) groups excluding carboxylic acids is 1. The second kappa shape index (κ2) is 8.57. The zero-order valence-electron chi connectivity index (χ0n) is 16.7. The standard InChI is InChI=1S/C21H18Cl2N6O2S/c22-11-8-14(23)17(15(9-11)31-7-6-29-5-1-4-25-29)18-13-10-16(19(30)26-12-2-3-12)32-20(13)28-21(24)27-18/h1,4-5,8-10,12H,2-3,6-7H2,(H,26,30)(H2,24,27,28). The Morgan fingerprint density at radius 2 is 2.12 bits per heavy atom. The Bertz CT molecular complexity index is 1300. The number of hydrogen-bond acceptors (Lipinski definition) is 7. The summed E-state index contributed by atoms with van der Waals surface area (Å²) in [7, 11) is 0. The van der Waals surface area contributed by atoms with Crippen LogP contribution in [0.3, 0.4) is 0 Å². The van der Waals surface area contributed by atoms with Gasteiger partial charge in [-0.05, 0) is 37.1 Å². The van der Waals surface area contributed by atoms with Gasteiger partial charge in [0.1, 0.15) is 17.2 Å². The SMILES string of the molecule is Nc1nc(-c2c(Cl)cc(Cl)cc2OCCn2cccn2)c2cc(C(=O)NC3CC3)sc2n1. The molecule has 0 bridgehead atoms. The number of fused-ring (bicyclic) bond motifs is 1. The van der Waals surface area contributed by atoms with Gasteiger partial charge in [-0.2, -0.15) is 5.10 Å². The van der Waals surface area contributed by atoms with Crippen LogP contribution in [0.15, 0.2) is 36.7 Å². The molecule has 1 aliphatic carbocycles. The lowest BCUT2D eigenvalue weighted by molar-refractivity contribution is 0.0955. The number of thiophene rings is 1. The van der Waals surface area contributed by atoms with E-state index in [9.17, 15) is 4.79 Å². The Balaban J connectivity index is 1.54. The highest BCUT2D eigenvalue weighted by atomic mass is 35.5. The molecule has 1 aromatic carbocycles. The number of nitrogen functional groups attached to an aromatic ring is 1. The minimum atomic E-state index is -0.127. The highest BCUT2D eigenvalue weighted by Gasteiger charge is 2.26. The van der Waals surface area contributed by atoms with Crippen LogP contribution in [0, 0.1) is 0 Å². The average Bonchev–Trinajstić information content (AvgIpc) is 3.22. The molecule has 0 aliphatic heterocycles. The monoisotopic (exact) mass is 488 g/mol. The minimum absolute atomic E-state index is 0.0806. The van der Waals surface area contributed by atoms with Crippen molar-refractivity contribution in [2.75, 3.05) is 12.3 Å². The highest BCUT2D eigenvalue weighted by molar-refractivity contribution is 7.20. The molecule has 11 heteroatoms. The maximum atomic E-state index is 12.6. The number of carbonyl (C=O) groups is 1. The third-order valence-corrected chi connectivity index (χ3v) is 6.48. The van der Waals surface area contributed by atoms with Crippen LogP contribution in [-0.4, -0.2) is 38.3 Å². The molecule has 1 fully saturated rings. The lowest BCUT2D eigenvalue weighted by atomic mass is 10.1. The summed E-state index contributed by atoms with van der Waals surface area (Å²) in [5, 5.41) is 8.63. The van der Waals surface area contributed by atoms with E-state index in [-0.39, 0.29) is 17.9 Å². The number of rotatable bonds is 7. The van der Waals surface area contributed by atoms with Gasteiger partial charge in [0.2, 0.25) is 5.95 Å². The number of amides is 1. The number of nitrogens with zero attached hydrogens (tertiary/aromatic N) is 4. The molecule has 4 aromatic rings. The van der Waals surface area contributed by atoms with Gasteiger partial charge in [-0.3, -0.25) is 9.48 Å². The Kier molecular flexibility index (Phi) is 5.62. The maximum Gasteiger partial charge on any atom is 0.261 e. The Morgan fingerprint density at radius 3 is 2.88 bits per heavy atom. The van der Waals surface area contributed by atoms with Crippen LogP contribution < -0.4 is 15.8 Å². The fraction of sp³-hybridized carbons (Fsp3) is 0.238. The topological polar surface area (TPSA) is 108 Å². The van der Waals surface area contributed by atoms with E-state index in [2.05, 4.69) is 20.4 Å². The average molecular weight is 489 g/mol. The first-order valence-corrected chi connectivity index (χ1v) is 11.5. The van der Waals surface area contributed by atoms with Gasteiger partial charge >= 0.3 is 0 Å². The molecular formula is C21H18Cl2N6O2S.